The fourth-order valence-corrected chi connectivity index (χ4v) is 1.42. The molecule has 0 aromatic carbocycles. The molecule has 0 aromatic heterocycles. The van der Waals surface area contributed by atoms with Crippen molar-refractivity contribution >= 4 is 0 Å². The summed E-state index contributed by atoms with van der Waals surface area (Å²) in [5.74, 6) is 0.347. The second kappa shape index (κ2) is 3.17. The van der Waals surface area contributed by atoms with Gasteiger partial charge in [-0.05, 0) is 13.3 Å². The summed E-state index contributed by atoms with van der Waals surface area (Å²) in [5, 5.41) is 8.81. The predicted octanol–water partition coefficient (Wildman–Crippen LogP) is 0.958. The van der Waals surface area contributed by atoms with Gasteiger partial charge in [-0.15, -0.1) is 6.58 Å². The molecule has 0 aliphatic carbocycles. The number of ether oxygens (including phenoxy) is 1. The Bertz CT molecular complexity index is 122. The largest absolute Gasteiger partial charge is 0.394 e. The molecule has 1 aliphatic heterocycles. The Balaban J connectivity index is 2.48. The third-order valence-electron chi connectivity index (χ3n) is 1.97. The van der Waals surface area contributed by atoms with E-state index < -0.39 is 0 Å². The lowest BCUT2D eigenvalue weighted by Gasteiger charge is -2.10. The smallest absolute Gasteiger partial charge is 0.0872 e. The molecule has 1 saturated heterocycles. The van der Waals surface area contributed by atoms with Crippen LogP contribution in [0.4, 0.5) is 0 Å². The number of aliphatic hydroxyl groups is 1. The minimum atomic E-state index is -0.00694. The molecule has 1 aliphatic rings. The highest BCUT2D eigenvalue weighted by Gasteiger charge is 2.29. The normalized spacial score (nSPS) is 40.0. The minimum Gasteiger partial charge on any atom is -0.394 e. The van der Waals surface area contributed by atoms with Crippen LogP contribution in [0.25, 0.3) is 0 Å². The lowest BCUT2D eigenvalue weighted by molar-refractivity contribution is 0.0119. The molecule has 3 atom stereocenters. The van der Waals surface area contributed by atoms with E-state index in [0.29, 0.717) is 5.92 Å². The van der Waals surface area contributed by atoms with Gasteiger partial charge in [0.15, 0.2) is 0 Å². The first-order valence-electron chi connectivity index (χ1n) is 3.66. The van der Waals surface area contributed by atoms with Crippen LogP contribution in [0.15, 0.2) is 12.7 Å². The molecule has 0 amide bonds. The molecule has 0 aromatic rings. The van der Waals surface area contributed by atoms with Gasteiger partial charge in [0.2, 0.25) is 0 Å². The van der Waals surface area contributed by atoms with Crippen molar-refractivity contribution in [1.82, 2.24) is 0 Å². The van der Waals surface area contributed by atoms with Crippen LogP contribution >= 0.6 is 0 Å². The van der Waals surface area contributed by atoms with Crippen LogP contribution in [0.3, 0.4) is 0 Å². The summed E-state index contributed by atoms with van der Waals surface area (Å²) in [6.45, 7) is 5.82. The van der Waals surface area contributed by atoms with Crippen LogP contribution in [0, 0.1) is 5.92 Å². The van der Waals surface area contributed by atoms with Gasteiger partial charge in [-0.1, -0.05) is 6.08 Å². The molecule has 0 spiro atoms. The second-order valence-corrected chi connectivity index (χ2v) is 2.80. The minimum absolute atomic E-state index is 0.00694. The molecule has 0 bridgehead atoms. The van der Waals surface area contributed by atoms with E-state index in [1.165, 1.54) is 0 Å². The van der Waals surface area contributed by atoms with E-state index in [4.69, 9.17) is 9.84 Å². The van der Waals surface area contributed by atoms with E-state index in [0.717, 1.165) is 6.42 Å². The predicted molar refractivity (Wildman–Crippen MR) is 39.7 cm³/mol. The zero-order chi connectivity index (χ0) is 7.56. The third-order valence-corrected chi connectivity index (χ3v) is 1.97. The van der Waals surface area contributed by atoms with Crippen LogP contribution in [0.5, 0.6) is 0 Å². The summed E-state index contributed by atoms with van der Waals surface area (Å²) in [6, 6.07) is 0. The Labute approximate surface area is 61.5 Å². The quantitative estimate of drug-likeness (QED) is 0.582. The summed E-state index contributed by atoms with van der Waals surface area (Å²) in [5.41, 5.74) is 0. The molecular formula is C8H14O2. The van der Waals surface area contributed by atoms with Crippen LogP contribution in [0.2, 0.25) is 0 Å². The zero-order valence-electron chi connectivity index (χ0n) is 6.29. The first kappa shape index (κ1) is 7.76. The van der Waals surface area contributed by atoms with Gasteiger partial charge in [-0.2, -0.15) is 0 Å². The molecule has 2 heteroatoms. The molecule has 0 saturated carbocycles. The van der Waals surface area contributed by atoms with E-state index in [-0.39, 0.29) is 18.8 Å². The van der Waals surface area contributed by atoms with Crippen molar-refractivity contribution < 1.29 is 9.84 Å². The SMILES string of the molecule is C=CC1CC(C)O[C@@H]1CO. The highest BCUT2D eigenvalue weighted by molar-refractivity contribution is 4.91. The van der Waals surface area contributed by atoms with Crippen molar-refractivity contribution in [1.29, 1.82) is 0 Å². The summed E-state index contributed by atoms with van der Waals surface area (Å²) in [6.07, 6.45) is 3.13. The van der Waals surface area contributed by atoms with Gasteiger partial charge in [-0.25, -0.2) is 0 Å². The molecule has 10 heavy (non-hydrogen) atoms. The first-order chi connectivity index (χ1) is 4.77. The molecule has 1 heterocycles. The summed E-state index contributed by atoms with van der Waals surface area (Å²) in [4.78, 5) is 0. The van der Waals surface area contributed by atoms with Crippen molar-refractivity contribution in [3.63, 3.8) is 0 Å². The van der Waals surface area contributed by atoms with Crippen LogP contribution in [-0.2, 0) is 4.74 Å². The summed E-state index contributed by atoms with van der Waals surface area (Å²) in [7, 11) is 0. The van der Waals surface area contributed by atoms with E-state index in [9.17, 15) is 0 Å². The van der Waals surface area contributed by atoms with Crippen LogP contribution < -0.4 is 0 Å². The van der Waals surface area contributed by atoms with Gasteiger partial charge in [-0.3, -0.25) is 0 Å². The highest BCUT2D eigenvalue weighted by Crippen LogP contribution is 2.26. The first-order valence-corrected chi connectivity index (χ1v) is 3.66. The molecule has 58 valence electrons. The maximum absolute atomic E-state index is 8.81. The number of hydrogen-bond acceptors (Lipinski definition) is 2. The Kier molecular flexibility index (Phi) is 2.46. The number of rotatable bonds is 2. The summed E-state index contributed by atoms with van der Waals surface area (Å²) >= 11 is 0. The Morgan fingerprint density at radius 2 is 2.50 bits per heavy atom. The standard InChI is InChI=1S/C8H14O2/c1-3-7-4-6(2)10-8(7)5-9/h3,6-9H,1,4-5H2,2H3/t6?,7?,8-/m1/s1. The van der Waals surface area contributed by atoms with E-state index in [2.05, 4.69) is 6.58 Å². The Hall–Kier alpha value is -0.340. The average molecular weight is 142 g/mol. The lowest BCUT2D eigenvalue weighted by atomic mass is 10.0. The fourth-order valence-electron chi connectivity index (χ4n) is 1.42. The van der Waals surface area contributed by atoms with Crippen molar-refractivity contribution in [2.24, 2.45) is 5.92 Å². The monoisotopic (exact) mass is 142 g/mol. The number of hydrogen-bond donors (Lipinski definition) is 1. The lowest BCUT2D eigenvalue weighted by Crippen LogP contribution is -2.18. The molecule has 2 unspecified atom stereocenters. The molecule has 0 radical (unpaired) electrons. The van der Waals surface area contributed by atoms with Gasteiger partial charge in [0, 0.05) is 5.92 Å². The van der Waals surface area contributed by atoms with Gasteiger partial charge in [0.1, 0.15) is 0 Å². The third kappa shape index (κ3) is 1.39. The highest BCUT2D eigenvalue weighted by atomic mass is 16.5. The van der Waals surface area contributed by atoms with Crippen molar-refractivity contribution in [2.75, 3.05) is 6.61 Å². The molecule has 2 nitrogen and oxygen atoms in total. The van der Waals surface area contributed by atoms with E-state index in [1.807, 2.05) is 13.0 Å². The van der Waals surface area contributed by atoms with E-state index >= 15 is 0 Å². The molecular weight excluding hydrogens is 128 g/mol. The number of aliphatic hydroxyl groups excluding tert-OH is 1. The Morgan fingerprint density at radius 1 is 1.80 bits per heavy atom. The topological polar surface area (TPSA) is 29.5 Å². The van der Waals surface area contributed by atoms with Crippen molar-refractivity contribution in [2.45, 2.75) is 25.6 Å². The second-order valence-electron chi connectivity index (χ2n) is 2.80. The molecule has 1 N–H and O–H groups in total. The maximum atomic E-state index is 8.81. The van der Waals surface area contributed by atoms with Gasteiger partial charge in [0.25, 0.3) is 0 Å². The molecule has 1 rings (SSSR count). The van der Waals surface area contributed by atoms with E-state index in [1.54, 1.807) is 0 Å². The van der Waals surface area contributed by atoms with Crippen molar-refractivity contribution in [3.05, 3.63) is 12.7 Å². The van der Waals surface area contributed by atoms with Crippen LogP contribution in [0.1, 0.15) is 13.3 Å². The zero-order valence-corrected chi connectivity index (χ0v) is 6.29. The summed E-state index contributed by atoms with van der Waals surface area (Å²) < 4.78 is 5.39. The maximum Gasteiger partial charge on any atom is 0.0872 e. The Morgan fingerprint density at radius 3 is 2.90 bits per heavy atom. The molecule has 1 fully saturated rings. The fraction of sp³-hybridized carbons (Fsp3) is 0.750. The van der Waals surface area contributed by atoms with Gasteiger partial charge >= 0.3 is 0 Å². The average Bonchev–Trinajstić information content (AvgIpc) is 2.30. The van der Waals surface area contributed by atoms with Gasteiger partial charge < -0.3 is 9.84 Å². The van der Waals surface area contributed by atoms with Crippen LogP contribution in [-0.4, -0.2) is 23.9 Å². The van der Waals surface area contributed by atoms with Crippen molar-refractivity contribution in [3.8, 4) is 0 Å². The van der Waals surface area contributed by atoms with Gasteiger partial charge in [0.05, 0.1) is 18.8 Å².